The predicted octanol–water partition coefficient (Wildman–Crippen LogP) is 3.41. The van der Waals surface area contributed by atoms with Crippen LogP contribution in [0.3, 0.4) is 0 Å². The Bertz CT molecular complexity index is 952. The molecule has 3 rings (SSSR count). The summed E-state index contributed by atoms with van der Waals surface area (Å²) in [5, 5.41) is 3.03. The number of hydrogen-bond acceptors (Lipinski definition) is 4. The fourth-order valence-corrected chi connectivity index (χ4v) is 4.30. The van der Waals surface area contributed by atoms with Crippen LogP contribution in [0.2, 0.25) is 0 Å². The lowest BCUT2D eigenvalue weighted by Gasteiger charge is -2.32. The molecular weight excluding hydrogens is 406 g/mol. The molecule has 1 saturated heterocycles. The van der Waals surface area contributed by atoms with E-state index in [1.165, 1.54) is 5.56 Å². The highest BCUT2D eigenvalue weighted by atomic mass is 16.5. The van der Waals surface area contributed by atoms with Gasteiger partial charge in [-0.2, -0.15) is 0 Å². The molecule has 1 aromatic carbocycles. The van der Waals surface area contributed by atoms with Crippen molar-refractivity contribution in [1.29, 1.82) is 0 Å². The second kappa shape index (κ2) is 11.0. The van der Waals surface area contributed by atoms with Gasteiger partial charge >= 0.3 is 5.97 Å². The molecule has 0 bridgehead atoms. The van der Waals surface area contributed by atoms with Gasteiger partial charge in [0.2, 0.25) is 5.91 Å². The third-order valence-electron chi connectivity index (χ3n) is 5.99. The molecule has 2 amide bonds. The van der Waals surface area contributed by atoms with Crippen molar-refractivity contribution < 1.29 is 19.1 Å². The summed E-state index contributed by atoms with van der Waals surface area (Å²) < 4.78 is 5.11. The summed E-state index contributed by atoms with van der Waals surface area (Å²) in [5.41, 5.74) is 3.29. The molecule has 2 aromatic rings. The van der Waals surface area contributed by atoms with Gasteiger partial charge in [0.25, 0.3) is 5.91 Å². The summed E-state index contributed by atoms with van der Waals surface area (Å²) in [6.07, 6.45) is 3.34. The zero-order valence-electron chi connectivity index (χ0n) is 19.2. The van der Waals surface area contributed by atoms with Crippen LogP contribution in [0.4, 0.5) is 0 Å². The van der Waals surface area contributed by atoms with Crippen LogP contribution >= 0.6 is 0 Å². The van der Waals surface area contributed by atoms with Crippen molar-refractivity contribution in [3.8, 4) is 0 Å². The molecule has 0 aliphatic carbocycles. The maximum atomic E-state index is 13.2. The molecule has 7 nitrogen and oxygen atoms in total. The molecule has 7 heteroatoms. The van der Waals surface area contributed by atoms with E-state index in [1.54, 1.807) is 25.7 Å². The van der Waals surface area contributed by atoms with E-state index in [0.717, 1.165) is 25.7 Å². The molecule has 1 aliphatic rings. The first-order valence-corrected chi connectivity index (χ1v) is 11.4. The van der Waals surface area contributed by atoms with E-state index >= 15 is 0 Å². The minimum Gasteiger partial charge on any atom is -0.462 e. The highest BCUT2D eigenvalue weighted by molar-refractivity contribution is 6.00. The molecule has 1 aromatic heterocycles. The normalized spacial score (nSPS) is 16.0. The number of esters is 1. The number of rotatable bonds is 8. The van der Waals surface area contributed by atoms with E-state index in [0.29, 0.717) is 42.1 Å². The number of ether oxygens (including phenoxy) is 1. The maximum absolute atomic E-state index is 13.2. The van der Waals surface area contributed by atoms with Gasteiger partial charge in [0.15, 0.2) is 0 Å². The Morgan fingerprint density at radius 3 is 2.66 bits per heavy atom. The van der Waals surface area contributed by atoms with Gasteiger partial charge in [-0.3, -0.25) is 9.59 Å². The van der Waals surface area contributed by atoms with E-state index in [2.05, 4.69) is 22.4 Å². The smallest absolute Gasteiger partial charge is 0.340 e. The van der Waals surface area contributed by atoms with Crippen molar-refractivity contribution in [2.24, 2.45) is 5.92 Å². The fourth-order valence-electron chi connectivity index (χ4n) is 4.30. The van der Waals surface area contributed by atoms with E-state index < -0.39 is 5.97 Å². The summed E-state index contributed by atoms with van der Waals surface area (Å²) in [5.74, 6) is -0.820. The Balaban J connectivity index is 1.56. The first-order chi connectivity index (χ1) is 15.4. The van der Waals surface area contributed by atoms with Crippen LogP contribution in [0.15, 0.2) is 30.3 Å². The second-order valence-electron chi connectivity index (χ2n) is 8.32. The minimum absolute atomic E-state index is 0.00200. The largest absolute Gasteiger partial charge is 0.462 e. The third kappa shape index (κ3) is 5.58. The van der Waals surface area contributed by atoms with Crippen LogP contribution in [-0.2, 0) is 16.0 Å². The van der Waals surface area contributed by atoms with Crippen LogP contribution in [-0.4, -0.2) is 53.9 Å². The van der Waals surface area contributed by atoms with Crippen LogP contribution in [0, 0.1) is 19.8 Å². The third-order valence-corrected chi connectivity index (χ3v) is 5.99. The van der Waals surface area contributed by atoms with Gasteiger partial charge in [-0.1, -0.05) is 30.3 Å². The first kappa shape index (κ1) is 23.6. The van der Waals surface area contributed by atoms with Gasteiger partial charge < -0.3 is 19.9 Å². The molecule has 2 N–H and O–H groups in total. The van der Waals surface area contributed by atoms with Gasteiger partial charge in [0.1, 0.15) is 5.69 Å². The van der Waals surface area contributed by atoms with Crippen molar-refractivity contribution in [1.82, 2.24) is 15.2 Å². The van der Waals surface area contributed by atoms with Crippen molar-refractivity contribution in [3.63, 3.8) is 0 Å². The zero-order valence-corrected chi connectivity index (χ0v) is 19.2. The summed E-state index contributed by atoms with van der Waals surface area (Å²) in [7, 11) is 0. The Labute approximate surface area is 189 Å². The molecule has 0 unspecified atom stereocenters. The number of aromatic amines is 1. The summed E-state index contributed by atoms with van der Waals surface area (Å²) in [6, 6.07) is 10.2. The topological polar surface area (TPSA) is 91.5 Å². The standard InChI is InChI=1S/C25H33N3O4/c1-4-32-25(31)21-17(2)22(27-18(21)3)24(30)28-15-9-13-20(16-28)23(29)26-14-8-12-19-10-6-5-7-11-19/h5-7,10-11,20,27H,4,8-9,12-16H2,1-3H3,(H,26,29)/t20-/m1/s1. The molecule has 0 saturated carbocycles. The number of aromatic nitrogens is 1. The van der Waals surface area contributed by atoms with E-state index in [9.17, 15) is 14.4 Å². The zero-order chi connectivity index (χ0) is 23.1. The average molecular weight is 440 g/mol. The SMILES string of the molecule is CCOC(=O)c1c(C)[nH]c(C(=O)N2CCC[C@@H](C(=O)NCCCc3ccccc3)C2)c1C. The number of amides is 2. The van der Waals surface area contributed by atoms with E-state index in [4.69, 9.17) is 4.74 Å². The fraction of sp³-hybridized carbons (Fsp3) is 0.480. The number of benzene rings is 1. The molecule has 1 aliphatic heterocycles. The van der Waals surface area contributed by atoms with Crippen LogP contribution in [0.25, 0.3) is 0 Å². The van der Waals surface area contributed by atoms with Gasteiger partial charge in [0.05, 0.1) is 18.1 Å². The number of H-pyrrole nitrogens is 1. The molecule has 0 spiro atoms. The van der Waals surface area contributed by atoms with Gasteiger partial charge in [-0.15, -0.1) is 0 Å². The average Bonchev–Trinajstić information content (AvgIpc) is 3.10. The number of hydrogen-bond donors (Lipinski definition) is 2. The minimum atomic E-state index is -0.427. The molecule has 32 heavy (non-hydrogen) atoms. The van der Waals surface area contributed by atoms with E-state index in [1.807, 2.05) is 18.2 Å². The summed E-state index contributed by atoms with van der Waals surface area (Å²) >= 11 is 0. The number of nitrogens with one attached hydrogen (secondary N) is 2. The highest BCUT2D eigenvalue weighted by Gasteiger charge is 2.31. The maximum Gasteiger partial charge on any atom is 0.340 e. The lowest BCUT2D eigenvalue weighted by atomic mass is 9.96. The first-order valence-electron chi connectivity index (χ1n) is 11.4. The van der Waals surface area contributed by atoms with Crippen LogP contribution < -0.4 is 5.32 Å². The van der Waals surface area contributed by atoms with Crippen molar-refractivity contribution in [2.45, 2.75) is 46.5 Å². The Hall–Kier alpha value is -3.09. The molecule has 1 fully saturated rings. The molecule has 2 heterocycles. The number of nitrogens with zero attached hydrogens (tertiary/aromatic N) is 1. The molecule has 0 radical (unpaired) electrons. The predicted molar refractivity (Wildman–Crippen MR) is 123 cm³/mol. The molecular formula is C25H33N3O4. The van der Waals surface area contributed by atoms with Gasteiger partial charge in [-0.25, -0.2) is 4.79 Å². The number of aryl methyl sites for hydroxylation is 2. The summed E-state index contributed by atoms with van der Waals surface area (Å²) in [4.78, 5) is 42.9. The van der Waals surface area contributed by atoms with Crippen molar-refractivity contribution in [2.75, 3.05) is 26.2 Å². The highest BCUT2D eigenvalue weighted by Crippen LogP contribution is 2.23. The van der Waals surface area contributed by atoms with Gasteiger partial charge in [0, 0.05) is 25.3 Å². The number of piperidine rings is 1. The lowest BCUT2D eigenvalue weighted by Crippen LogP contribution is -2.45. The van der Waals surface area contributed by atoms with Crippen LogP contribution in [0.5, 0.6) is 0 Å². The molecule has 172 valence electrons. The Morgan fingerprint density at radius 1 is 1.19 bits per heavy atom. The Kier molecular flexibility index (Phi) is 8.09. The molecule has 1 atom stereocenters. The van der Waals surface area contributed by atoms with Crippen molar-refractivity contribution in [3.05, 3.63) is 58.4 Å². The number of carbonyl (C=O) groups excluding carboxylic acids is 3. The monoisotopic (exact) mass is 439 g/mol. The van der Waals surface area contributed by atoms with E-state index in [-0.39, 0.29) is 24.3 Å². The second-order valence-corrected chi connectivity index (χ2v) is 8.32. The summed E-state index contributed by atoms with van der Waals surface area (Å²) in [6.45, 7) is 7.15. The number of likely N-dealkylation sites (tertiary alicyclic amines) is 1. The quantitative estimate of drug-likeness (QED) is 0.487. The van der Waals surface area contributed by atoms with Gasteiger partial charge in [-0.05, 0) is 57.6 Å². The van der Waals surface area contributed by atoms with Crippen LogP contribution in [0.1, 0.15) is 63.9 Å². The lowest BCUT2D eigenvalue weighted by molar-refractivity contribution is -0.126. The van der Waals surface area contributed by atoms with Crippen molar-refractivity contribution >= 4 is 17.8 Å². The number of carbonyl (C=O) groups is 3. The Morgan fingerprint density at radius 2 is 1.94 bits per heavy atom.